The molecule has 106 valence electrons. The van der Waals surface area contributed by atoms with Crippen LogP contribution in [0.15, 0.2) is 6.07 Å². The molecule has 1 amide bonds. The van der Waals surface area contributed by atoms with Crippen LogP contribution in [-0.2, 0) is 4.79 Å². The highest BCUT2D eigenvalue weighted by Gasteiger charge is 2.11. The monoisotopic (exact) mass is 264 g/mol. The quantitative estimate of drug-likeness (QED) is 0.855. The number of aryl methyl sites for hydroxylation is 1. The van der Waals surface area contributed by atoms with E-state index in [4.69, 9.17) is 0 Å². The fourth-order valence-electron chi connectivity index (χ4n) is 1.81. The number of anilines is 1. The molecule has 0 atom stereocenters. The Morgan fingerprint density at radius 1 is 1.32 bits per heavy atom. The molecule has 1 aromatic heterocycles. The molecule has 0 unspecified atom stereocenters. The molecule has 0 spiro atoms. The van der Waals surface area contributed by atoms with Gasteiger partial charge in [0.05, 0.1) is 6.54 Å². The van der Waals surface area contributed by atoms with E-state index in [9.17, 15) is 4.79 Å². The van der Waals surface area contributed by atoms with E-state index >= 15 is 0 Å². The van der Waals surface area contributed by atoms with E-state index in [-0.39, 0.29) is 12.5 Å². The predicted molar refractivity (Wildman–Crippen MR) is 77.3 cm³/mol. The van der Waals surface area contributed by atoms with Crippen LogP contribution < -0.4 is 5.32 Å². The molecular formula is C14H24N4O. The molecule has 5 nitrogen and oxygen atoms in total. The molecule has 0 fully saturated rings. The number of aromatic nitrogens is 2. The van der Waals surface area contributed by atoms with Gasteiger partial charge in [0.1, 0.15) is 0 Å². The van der Waals surface area contributed by atoms with E-state index in [0.717, 1.165) is 24.5 Å². The minimum Gasteiger partial charge on any atom is -0.345 e. The van der Waals surface area contributed by atoms with Gasteiger partial charge in [0, 0.05) is 24.5 Å². The molecule has 0 aliphatic rings. The van der Waals surface area contributed by atoms with Crippen molar-refractivity contribution in [2.24, 2.45) is 0 Å². The van der Waals surface area contributed by atoms with E-state index in [1.54, 1.807) is 4.90 Å². The van der Waals surface area contributed by atoms with Crippen molar-refractivity contribution in [1.82, 2.24) is 14.9 Å². The maximum absolute atomic E-state index is 11.9. The first-order chi connectivity index (χ1) is 8.97. The van der Waals surface area contributed by atoms with Crippen LogP contribution in [0.3, 0.4) is 0 Å². The summed E-state index contributed by atoms with van der Waals surface area (Å²) in [5, 5.41) is 3.02. The molecule has 19 heavy (non-hydrogen) atoms. The zero-order chi connectivity index (χ0) is 14.4. The number of hydrogen-bond donors (Lipinski definition) is 1. The molecule has 0 aliphatic heterocycles. The summed E-state index contributed by atoms with van der Waals surface area (Å²) in [5.41, 5.74) is 1.90. The number of likely N-dealkylation sites (N-methyl/N-ethyl adjacent to an activating group) is 1. The average molecular weight is 264 g/mol. The van der Waals surface area contributed by atoms with Gasteiger partial charge in [0.15, 0.2) is 0 Å². The molecule has 1 aromatic rings. The highest BCUT2D eigenvalue weighted by molar-refractivity contribution is 5.80. The van der Waals surface area contributed by atoms with E-state index in [0.29, 0.717) is 11.9 Å². The Kier molecular flexibility index (Phi) is 5.73. The lowest BCUT2D eigenvalue weighted by Gasteiger charge is -2.19. The van der Waals surface area contributed by atoms with Crippen molar-refractivity contribution in [2.45, 2.75) is 40.5 Å². The summed E-state index contributed by atoms with van der Waals surface area (Å²) < 4.78 is 0. The summed E-state index contributed by atoms with van der Waals surface area (Å²) in [6, 6.07) is 1.97. The Labute approximate surface area is 115 Å². The standard InChI is InChI=1S/C14H24N4O/c1-6-18(7-2)13(19)9-15-14-16-11(5)8-12(17-14)10(3)4/h8,10H,6-7,9H2,1-5H3,(H,15,16,17). The number of rotatable bonds is 6. The minimum atomic E-state index is 0.0706. The fourth-order valence-corrected chi connectivity index (χ4v) is 1.81. The lowest BCUT2D eigenvalue weighted by molar-refractivity contribution is -0.128. The van der Waals surface area contributed by atoms with Crippen molar-refractivity contribution in [3.63, 3.8) is 0 Å². The lowest BCUT2D eigenvalue weighted by Crippen LogP contribution is -2.35. The van der Waals surface area contributed by atoms with Gasteiger partial charge in [-0.1, -0.05) is 13.8 Å². The first-order valence-electron chi connectivity index (χ1n) is 6.85. The minimum absolute atomic E-state index is 0.0706. The highest BCUT2D eigenvalue weighted by Crippen LogP contribution is 2.14. The Balaban J connectivity index is 2.70. The van der Waals surface area contributed by atoms with Crippen LogP contribution in [0.5, 0.6) is 0 Å². The lowest BCUT2D eigenvalue weighted by atomic mass is 10.1. The van der Waals surface area contributed by atoms with Crippen LogP contribution in [0, 0.1) is 6.92 Å². The molecule has 1 rings (SSSR count). The average Bonchev–Trinajstić information content (AvgIpc) is 2.37. The molecule has 1 heterocycles. The number of amides is 1. The molecule has 1 N–H and O–H groups in total. The number of carbonyl (C=O) groups is 1. The van der Waals surface area contributed by atoms with Crippen molar-refractivity contribution < 1.29 is 4.79 Å². The van der Waals surface area contributed by atoms with Gasteiger partial charge >= 0.3 is 0 Å². The van der Waals surface area contributed by atoms with Crippen molar-refractivity contribution in [3.05, 3.63) is 17.5 Å². The van der Waals surface area contributed by atoms with E-state index in [1.807, 2.05) is 26.8 Å². The van der Waals surface area contributed by atoms with Gasteiger partial charge in [-0.3, -0.25) is 4.79 Å². The van der Waals surface area contributed by atoms with Crippen LogP contribution in [0.25, 0.3) is 0 Å². The van der Waals surface area contributed by atoms with Crippen LogP contribution in [0.2, 0.25) is 0 Å². The van der Waals surface area contributed by atoms with Gasteiger partial charge in [-0.15, -0.1) is 0 Å². The molecular weight excluding hydrogens is 240 g/mol. The van der Waals surface area contributed by atoms with Crippen LogP contribution in [-0.4, -0.2) is 40.4 Å². The van der Waals surface area contributed by atoms with Gasteiger partial charge in [-0.05, 0) is 32.8 Å². The largest absolute Gasteiger partial charge is 0.345 e. The third-order valence-corrected chi connectivity index (χ3v) is 2.98. The van der Waals surface area contributed by atoms with Gasteiger partial charge in [-0.25, -0.2) is 9.97 Å². The summed E-state index contributed by atoms with van der Waals surface area (Å²) in [6.45, 7) is 11.8. The molecule has 0 bridgehead atoms. The second kappa shape index (κ2) is 7.07. The van der Waals surface area contributed by atoms with E-state index in [1.165, 1.54) is 0 Å². The molecule has 5 heteroatoms. The molecule has 0 saturated heterocycles. The second-order valence-corrected chi connectivity index (χ2v) is 4.83. The van der Waals surface area contributed by atoms with E-state index < -0.39 is 0 Å². The Morgan fingerprint density at radius 3 is 2.47 bits per heavy atom. The zero-order valence-electron chi connectivity index (χ0n) is 12.5. The van der Waals surface area contributed by atoms with Gasteiger partial charge in [0.25, 0.3) is 0 Å². The highest BCUT2D eigenvalue weighted by atomic mass is 16.2. The van der Waals surface area contributed by atoms with Crippen LogP contribution in [0.4, 0.5) is 5.95 Å². The third kappa shape index (κ3) is 4.50. The summed E-state index contributed by atoms with van der Waals surface area (Å²) >= 11 is 0. The SMILES string of the molecule is CCN(CC)C(=O)CNc1nc(C)cc(C(C)C)n1. The molecule has 0 aliphatic carbocycles. The van der Waals surface area contributed by atoms with Crippen molar-refractivity contribution in [3.8, 4) is 0 Å². The van der Waals surface area contributed by atoms with Gasteiger partial charge < -0.3 is 10.2 Å². The zero-order valence-corrected chi connectivity index (χ0v) is 12.5. The topological polar surface area (TPSA) is 58.1 Å². The van der Waals surface area contributed by atoms with Crippen LogP contribution >= 0.6 is 0 Å². The number of nitrogens with one attached hydrogen (secondary N) is 1. The maximum Gasteiger partial charge on any atom is 0.241 e. The smallest absolute Gasteiger partial charge is 0.241 e. The summed E-state index contributed by atoms with van der Waals surface area (Å²) in [4.78, 5) is 22.4. The number of carbonyl (C=O) groups excluding carboxylic acids is 1. The molecule has 0 aromatic carbocycles. The second-order valence-electron chi connectivity index (χ2n) is 4.83. The summed E-state index contributed by atoms with van der Waals surface area (Å²) in [6.07, 6.45) is 0. The van der Waals surface area contributed by atoms with Crippen molar-refractivity contribution >= 4 is 11.9 Å². The van der Waals surface area contributed by atoms with Crippen molar-refractivity contribution in [2.75, 3.05) is 25.0 Å². The Morgan fingerprint density at radius 2 is 1.95 bits per heavy atom. The normalized spacial score (nSPS) is 10.6. The fraction of sp³-hybridized carbons (Fsp3) is 0.643. The third-order valence-electron chi connectivity index (χ3n) is 2.98. The van der Waals surface area contributed by atoms with E-state index in [2.05, 4.69) is 29.1 Å². The molecule has 0 saturated carbocycles. The summed E-state index contributed by atoms with van der Waals surface area (Å²) in [7, 11) is 0. The molecule has 0 radical (unpaired) electrons. The number of hydrogen-bond acceptors (Lipinski definition) is 4. The first-order valence-corrected chi connectivity index (χ1v) is 6.85. The Bertz CT molecular complexity index is 427. The van der Waals surface area contributed by atoms with Gasteiger partial charge in [-0.2, -0.15) is 0 Å². The van der Waals surface area contributed by atoms with Crippen LogP contribution in [0.1, 0.15) is 45.0 Å². The van der Waals surface area contributed by atoms with Gasteiger partial charge in [0.2, 0.25) is 11.9 Å². The Hall–Kier alpha value is -1.65. The predicted octanol–water partition coefficient (Wildman–Crippen LogP) is 2.19. The maximum atomic E-state index is 11.9. The number of nitrogens with zero attached hydrogens (tertiary/aromatic N) is 3. The van der Waals surface area contributed by atoms with Crippen molar-refractivity contribution in [1.29, 1.82) is 0 Å². The first kappa shape index (κ1) is 15.4. The summed E-state index contributed by atoms with van der Waals surface area (Å²) in [5.74, 6) is 0.950.